The van der Waals surface area contributed by atoms with Crippen molar-refractivity contribution in [2.45, 2.75) is 5.41 Å². The minimum atomic E-state index is -0.475. The summed E-state index contributed by atoms with van der Waals surface area (Å²) in [5.74, 6) is 1.54. The molecule has 3 aromatic heterocycles. The van der Waals surface area contributed by atoms with Gasteiger partial charge in [0.1, 0.15) is 11.4 Å². The minimum Gasteiger partial charge on any atom is -0.252 e. The van der Waals surface area contributed by atoms with Crippen molar-refractivity contribution in [2.75, 3.05) is 0 Å². The zero-order valence-electron chi connectivity index (χ0n) is 29.6. The topological polar surface area (TPSA) is 64.5 Å². The molecule has 5 nitrogen and oxygen atoms in total. The summed E-state index contributed by atoms with van der Waals surface area (Å²) >= 11 is 0. The Bertz CT molecular complexity index is 2740. The molecule has 0 saturated heterocycles. The Morgan fingerprint density at radius 2 is 0.691 bits per heavy atom. The summed E-state index contributed by atoms with van der Waals surface area (Å²) in [7, 11) is 0. The first kappa shape index (κ1) is 31.2. The molecule has 6 aromatic carbocycles. The van der Waals surface area contributed by atoms with Crippen molar-refractivity contribution >= 4 is 0 Å². The number of nitrogens with zero attached hydrogens (tertiary/aromatic N) is 5. The Labute approximate surface area is 318 Å². The molecule has 2 aliphatic rings. The minimum absolute atomic E-state index is 0.475. The van der Waals surface area contributed by atoms with E-state index in [2.05, 4.69) is 127 Å². The van der Waals surface area contributed by atoms with Crippen molar-refractivity contribution in [1.29, 1.82) is 0 Å². The van der Waals surface area contributed by atoms with Gasteiger partial charge >= 0.3 is 0 Å². The van der Waals surface area contributed by atoms with E-state index in [1.165, 1.54) is 44.5 Å². The Kier molecular flexibility index (Phi) is 7.01. The molecule has 0 atom stereocenters. The van der Waals surface area contributed by atoms with Crippen LogP contribution in [0.5, 0.6) is 0 Å². The number of pyridine rings is 2. The molecular weight excluding hydrogens is 671 g/mol. The van der Waals surface area contributed by atoms with Crippen LogP contribution in [-0.4, -0.2) is 24.9 Å². The highest BCUT2D eigenvalue weighted by Gasteiger charge is 2.51. The lowest BCUT2D eigenvalue weighted by Gasteiger charge is -2.30. The van der Waals surface area contributed by atoms with Gasteiger partial charge in [-0.3, -0.25) is 9.97 Å². The quantitative estimate of drug-likeness (QED) is 0.179. The number of aromatic nitrogens is 5. The van der Waals surface area contributed by atoms with Gasteiger partial charge in [0.05, 0.1) is 5.41 Å². The number of fused-ring (bicyclic) bond motifs is 10. The fraction of sp³-hybridized carbons (Fsp3) is 0.0200. The maximum absolute atomic E-state index is 5.13. The molecule has 0 N–H and O–H groups in total. The number of hydrogen-bond acceptors (Lipinski definition) is 5. The van der Waals surface area contributed by atoms with Crippen LogP contribution in [0, 0.1) is 0 Å². The van der Waals surface area contributed by atoms with Gasteiger partial charge in [-0.2, -0.15) is 0 Å². The molecule has 2 aliphatic carbocycles. The predicted molar refractivity (Wildman–Crippen MR) is 219 cm³/mol. The van der Waals surface area contributed by atoms with Gasteiger partial charge in [-0.05, 0) is 73.8 Å². The molecule has 3 heterocycles. The van der Waals surface area contributed by atoms with E-state index < -0.39 is 5.41 Å². The Hall–Kier alpha value is -7.37. The molecule has 0 unspecified atom stereocenters. The molecule has 55 heavy (non-hydrogen) atoms. The molecule has 0 amide bonds. The van der Waals surface area contributed by atoms with Gasteiger partial charge in [0.25, 0.3) is 0 Å². The van der Waals surface area contributed by atoms with Gasteiger partial charge in [-0.15, -0.1) is 0 Å². The molecule has 11 rings (SSSR count). The SMILES string of the molecule is c1ccc(-c2ccc(-c3nc(-c4ccc5c(c4)C4(c6ccccc6-c6ccccc64)c4ccccc4-5)nc(-c4ccc(-c5ccccc5)cn4)n3)nc2)cc1. The summed E-state index contributed by atoms with van der Waals surface area (Å²) in [5, 5.41) is 0. The lowest BCUT2D eigenvalue weighted by Crippen LogP contribution is -2.25. The second-order valence-electron chi connectivity index (χ2n) is 14.0. The Morgan fingerprint density at radius 1 is 0.291 bits per heavy atom. The largest absolute Gasteiger partial charge is 0.252 e. The van der Waals surface area contributed by atoms with E-state index >= 15 is 0 Å². The first-order valence-electron chi connectivity index (χ1n) is 18.5. The lowest BCUT2D eigenvalue weighted by molar-refractivity contribution is 0.794. The van der Waals surface area contributed by atoms with E-state index in [-0.39, 0.29) is 0 Å². The van der Waals surface area contributed by atoms with Crippen molar-refractivity contribution in [2.24, 2.45) is 0 Å². The molecule has 0 aliphatic heterocycles. The highest BCUT2D eigenvalue weighted by molar-refractivity contribution is 5.95. The van der Waals surface area contributed by atoms with Crippen molar-refractivity contribution in [1.82, 2.24) is 24.9 Å². The number of benzene rings is 6. The molecule has 0 fully saturated rings. The molecule has 0 radical (unpaired) electrons. The summed E-state index contributed by atoms with van der Waals surface area (Å²) in [6.07, 6.45) is 3.76. The third-order valence-corrected chi connectivity index (χ3v) is 11.1. The van der Waals surface area contributed by atoms with Crippen molar-refractivity contribution in [3.05, 3.63) is 211 Å². The zero-order chi connectivity index (χ0) is 36.3. The van der Waals surface area contributed by atoms with Gasteiger partial charge in [0.2, 0.25) is 0 Å². The van der Waals surface area contributed by atoms with Gasteiger partial charge in [0.15, 0.2) is 17.5 Å². The van der Waals surface area contributed by atoms with Crippen LogP contribution in [0.15, 0.2) is 188 Å². The summed E-state index contributed by atoms with van der Waals surface area (Å²) in [6.45, 7) is 0. The summed E-state index contributed by atoms with van der Waals surface area (Å²) in [5.41, 5.74) is 16.1. The second kappa shape index (κ2) is 12.4. The van der Waals surface area contributed by atoms with E-state index in [1.54, 1.807) is 0 Å². The van der Waals surface area contributed by atoms with Crippen LogP contribution in [-0.2, 0) is 5.41 Å². The van der Waals surface area contributed by atoms with E-state index in [1.807, 2.05) is 60.9 Å². The molecule has 9 aromatic rings. The highest BCUT2D eigenvalue weighted by Crippen LogP contribution is 2.62. The average molecular weight is 702 g/mol. The van der Waals surface area contributed by atoms with Crippen molar-refractivity contribution in [3.63, 3.8) is 0 Å². The molecule has 1 spiro atoms. The average Bonchev–Trinajstić information content (AvgIpc) is 3.74. The Balaban J connectivity index is 1.10. The fourth-order valence-electron chi connectivity index (χ4n) is 8.62. The smallest absolute Gasteiger partial charge is 0.182 e. The van der Waals surface area contributed by atoms with Gasteiger partial charge < -0.3 is 0 Å². The van der Waals surface area contributed by atoms with Gasteiger partial charge in [0, 0.05) is 29.1 Å². The fourth-order valence-corrected chi connectivity index (χ4v) is 8.62. The first-order chi connectivity index (χ1) is 27.3. The monoisotopic (exact) mass is 701 g/mol. The van der Waals surface area contributed by atoms with Crippen LogP contribution in [0.4, 0.5) is 0 Å². The van der Waals surface area contributed by atoms with Crippen LogP contribution >= 0.6 is 0 Å². The first-order valence-corrected chi connectivity index (χ1v) is 18.5. The van der Waals surface area contributed by atoms with E-state index in [9.17, 15) is 0 Å². The maximum Gasteiger partial charge on any atom is 0.182 e. The van der Waals surface area contributed by atoms with E-state index in [0.29, 0.717) is 28.9 Å². The Morgan fingerprint density at radius 3 is 1.15 bits per heavy atom. The van der Waals surface area contributed by atoms with E-state index in [0.717, 1.165) is 27.8 Å². The van der Waals surface area contributed by atoms with E-state index in [4.69, 9.17) is 24.9 Å². The van der Waals surface area contributed by atoms with Crippen molar-refractivity contribution < 1.29 is 0 Å². The molecule has 256 valence electrons. The summed E-state index contributed by atoms with van der Waals surface area (Å²) in [6, 6.07) is 61.8. The second-order valence-corrected chi connectivity index (χ2v) is 14.0. The lowest BCUT2D eigenvalue weighted by atomic mass is 9.70. The van der Waals surface area contributed by atoms with Crippen LogP contribution in [0.2, 0.25) is 0 Å². The summed E-state index contributed by atoms with van der Waals surface area (Å²) in [4.78, 5) is 25.0. The highest BCUT2D eigenvalue weighted by atomic mass is 15.1. The van der Waals surface area contributed by atoms with Gasteiger partial charge in [-0.1, -0.05) is 158 Å². The molecular formula is C50H31N5. The normalized spacial score (nSPS) is 12.9. The molecule has 0 saturated carbocycles. The number of rotatable bonds is 5. The predicted octanol–water partition coefficient (Wildman–Crippen LogP) is 11.3. The van der Waals surface area contributed by atoms with Crippen LogP contribution in [0.3, 0.4) is 0 Å². The number of hydrogen-bond donors (Lipinski definition) is 0. The molecule has 5 heteroatoms. The van der Waals surface area contributed by atoms with Gasteiger partial charge in [-0.25, -0.2) is 15.0 Å². The standard InChI is InChI=1S/C50H31N5/c1-3-13-32(14-4-1)35-24-27-45(51-30-35)48-53-47(54-49(55-48)46-28-25-36(31-52-46)33-15-5-2-6-16-33)34-23-26-40-39-19-9-12-22-43(39)50(44(40)29-34)41-20-10-7-17-37(41)38-18-8-11-21-42(38)50/h1-31H. The van der Waals surface area contributed by atoms with Crippen LogP contribution < -0.4 is 0 Å². The molecule has 0 bridgehead atoms. The van der Waals surface area contributed by atoms with Crippen molar-refractivity contribution in [3.8, 4) is 78.9 Å². The summed E-state index contributed by atoms with van der Waals surface area (Å²) < 4.78 is 0. The maximum atomic E-state index is 5.13. The third kappa shape index (κ3) is 4.83. The van der Waals surface area contributed by atoms with Crippen LogP contribution in [0.1, 0.15) is 22.3 Å². The van der Waals surface area contributed by atoms with Crippen LogP contribution in [0.25, 0.3) is 78.9 Å². The zero-order valence-corrected chi connectivity index (χ0v) is 29.6. The third-order valence-electron chi connectivity index (χ3n) is 11.1.